The lowest BCUT2D eigenvalue weighted by molar-refractivity contribution is 0.0730. The predicted octanol–water partition coefficient (Wildman–Crippen LogP) is 3.23. The van der Waals surface area contributed by atoms with Crippen molar-refractivity contribution in [2.75, 3.05) is 44.0 Å². The van der Waals surface area contributed by atoms with Crippen LogP contribution in [0.15, 0.2) is 58.3 Å². The van der Waals surface area contributed by atoms with Crippen LogP contribution in [0.3, 0.4) is 0 Å². The van der Waals surface area contributed by atoms with E-state index in [4.69, 9.17) is 9.47 Å². The Bertz CT molecular complexity index is 1020. The molecule has 9 heteroatoms. The SMILES string of the molecule is O=C(Nc1cccc(S(=O)(=O)N2CCOCC2)c1)c1ccccc1SC[C@@H]1CCCO1. The maximum atomic E-state index is 13.0. The zero-order valence-electron chi connectivity index (χ0n) is 17.2. The molecule has 7 nitrogen and oxygen atoms in total. The molecule has 2 aromatic carbocycles. The summed E-state index contributed by atoms with van der Waals surface area (Å²) < 4.78 is 38.1. The number of hydrogen-bond acceptors (Lipinski definition) is 6. The van der Waals surface area contributed by atoms with E-state index in [1.54, 1.807) is 36.0 Å². The standard InChI is InChI=1S/C22H26N2O5S2/c25-22(20-8-1-2-9-21(20)30-16-18-6-4-12-29-18)23-17-5-3-7-19(15-17)31(26,27)24-10-13-28-14-11-24/h1-3,5,7-9,15,18H,4,6,10-14,16H2,(H,23,25)/t18-/m0/s1. The summed E-state index contributed by atoms with van der Waals surface area (Å²) in [6, 6.07) is 13.8. The van der Waals surface area contributed by atoms with Gasteiger partial charge < -0.3 is 14.8 Å². The Morgan fingerprint density at radius 2 is 1.90 bits per heavy atom. The summed E-state index contributed by atoms with van der Waals surface area (Å²) in [5.74, 6) is 0.536. The molecule has 0 aromatic heterocycles. The second kappa shape index (κ2) is 10.1. The number of nitrogens with one attached hydrogen (secondary N) is 1. The maximum Gasteiger partial charge on any atom is 0.256 e. The van der Waals surface area contributed by atoms with E-state index >= 15 is 0 Å². The number of ether oxygens (including phenoxy) is 2. The summed E-state index contributed by atoms with van der Waals surface area (Å²) in [6.45, 7) is 2.23. The van der Waals surface area contributed by atoms with Gasteiger partial charge in [0.1, 0.15) is 0 Å². The van der Waals surface area contributed by atoms with Crippen LogP contribution in [0.1, 0.15) is 23.2 Å². The fourth-order valence-electron chi connectivity index (χ4n) is 3.61. The zero-order valence-corrected chi connectivity index (χ0v) is 18.8. The van der Waals surface area contributed by atoms with Gasteiger partial charge in [-0.1, -0.05) is 18.2 Å². The normalized spacial score (nSPS) is 19.9. The smallest absolute Gasteiger partial charge is 0.256 e. The Kier molecular flexibility index (Phi) is 7.29. The Balaban J connectivity index is 1.47. The van der Waals surface area contributed by atoms with Crippen LogP contribution in [0.2, 0.25) is 0 Å². The highest BCUT2D eigenvalue weighted by atomic mass is 32.2. The van der Waals surface area contributed by atoms with Gasteiger partial charge in [-0.3, -0.25) is 4.79 Å². The van der Waals surface area contributed by atoms with Crippen LogP contribution in [0.4, 0.5) is 5.69 Å². The first-order chi connectivity index (χ1) is 15.0. The van der Waals surface area contributed by atoms with E-state index in [0.29, 0.717) is 37.6 Å². The molecule has 166 valence electrons. The molecular weight excluding hydrogens is 436 g/mol. The number of carbonyl (C=O) groups excluding carboxylic acids is 1. The van der Waals surface area contributed by atoms with Gasteiger partial charge in [0, 0.05) is 36.0 Å². The monoisotopic (exact) mass is 462 g/mol. The van der Waals surface area contributed by atoms with Gasteiger partial charge in [-0.2, -0.15) is 4.31 Å². The lowest BCUT2D eigenvalue weighted by Crippen LogP contribution is -2.40. The molecule has 0 saturated carbocycles. The fourth-order valence-corrected chi connectivity index (χ4v) is 6.18. The molecule has 2 aliphatic heterocycles. The number of hydrogen-bond donors (Lipinski definition) is 1. The molecule has 1 amide bonds. The molecule has 2 saturated heterocycles. The number of benzene rings is 2. The lowest BCUT2D eigenvalue weighted by Gasteiger charge is -2.26. The first kappa shape index (κ1) is 22.3. The molecule has 0 bridgehead atoms. The summed E-state index contributed by atoms with van der Waals surface area (Å²) in [7, 11) is -3.63. The third-order valence-electron chi connectivity index (χ3n) is 5.28. The summed E-state index contributed by atoms with van der Waals surface area (Å²) in [5, 5.41) is 2.85. The van der Waals surface area contributed by atoms with Gasteiger partial charge in [0.25, 0.3) is 5.91 Å². The Morgan fingerprint density at radius 1 is 1.10 bits per heavy atom. The molecule has 31 heavy (non-hydrogen) atoms. The topological polar surface area (TPSA) is 84.9 Å². The van der Waals surface area contributed by atoms with E-state index in [-0.39, 0.29) is 16.9 Å². The molecule has 4 rings (SSSR count). The minimum Gasteiger partial charge on any atom is -0.379 e. The summed E-state index contributed by atoms with van der Waals surface area (Å²) in [4.78, 5) is 14.0. The largest absolute Gasteiger partial charge is 0.379 e. The first-order valence-corrected chi connectivity index (χ1v) is 12.8. The maximum absolute atomic E-state index is 13.0. The summed E-state index contributed by atoms with van der Waals surface area (Å²) in [5.41, 5.74) is 1.00. The average Bonchev–Trinajstić information content (AvgIpc) is 3.32. The van der Waals surface area contributed by atoms with Crippen molar-refractivity contribution in [1.82, 2.24) is 4.31 Å². The molecule has 2 fully saturated rings. The molecule has 0 spiro atoms. The van der Waals surface area contributed by atoms with E-state index in [9.17, 15) is 13.2 Å². The van der Waals surface area contributed by atoms with Gasteiger partial charge in [0.05, 0.1) is 29.8 Å². The van der Waals surface area contributed by atoms with Crippen molar-refractivity contribution in [2.24, 2.45) is 0 Å². The van der Waals surface area contributed by atoms with Crippen LogP contribution in [0.25, 0.3) is 0 Å². The van der Waals surface area contributed by atoms with Gasteiger partial charge >= 0.3 is 0 Å². The quantitative estimate of drug-likeness (QED) is 0.636. The van der Waals surface area contributed by atoms with Gasteiger partial charge in [0.2, 0.25) is 10.0 Å². The molecular formula is C22H26N2O5S2. The summed E-state index contributed by atoms with van der Waals surface area (Å²) >= 11 is 1.61. The van der Waals surface area contributed by atoms with Crippen LogP contribution in [0, 0.1) is 0 Å². The van der Waals surface area contributed by atoms with Crippen molar-refractivity contribution in [3.05, 3.63) is 54.1 Å². The van der Waals surface area contributed by atoms with Crippen LogP contribution in [-0.2, 0) is 19.5 Å². The number of thioether (sulfide) groups is 1. The molecule has 0 aliphatic carbocycles. The number of morpholine rings is 1. The minimum absolute atomic E-state index is 0.160. The van der Waals surface area contributed by atoms with Crippen LogP contribution in [-0.4, -0.2) is 63.4 Å². The number of carbonyl (C=O) groups is 1. The van der Waals surface area contributed by atoms with Crippen molar-refractivity contribution in [1.29, 1.82) is 0 Å². The molecule has 0 radical (unpaired) electrons. The van der Waals surface area contributed by atoms with E-state index in [1.807, 2.05) is 18.2 Å². The van der Waals surface area contributed by atoms with Crippen molar-refractivity contribution < 1.29 is 22.7 Å². The van der Waals surface area contributed by atoms with Gasteiger partial charge in [-0.25, -0.2) is 8.42 Å². The van der Waals surface area contributed by atoms with E-state index in [1.165, 1.54) is 10.4 Å². The molecule has 2 aliphatic rings. The van der Waals surface area contributed by atoms with Crippen LogP contribution < -0.4 is 5.32 Å². The Labute approximate surface area is 187 Å². The van der Waals surface area contributed by atoms with Crippen LogP contribution in [0.5, 0.6) is 0 Å². The molecule has 1 N–H and O–H groups in total. The molecule has 0 unspecified atom stereocenters. The lowest BCUT2D eigenvalue weighted by atomic mass is 10.2. The molecule has 2 aromatic rings. The summed E-state index contributed by atoms with van der Waals surface area (Å²) in [6.07, 6.45) is 2.35. The van der Waals surface area contributed by atoms with Crippen molar-refractivity contribution >= 4 is 33.4 Å². The van der Waals surface area contributed by atoms with E-state index in [0.717, 1.165) is 30.1 Å². The van der Waals surface area contributed by atoms with Crippen molar-refractivity contribution in [3.8, 4) is 0 Å². The van der Waals surface area contributed by atoms with Crippen molar-refractivity contribution in [3.63, 3.8) is 0 Å². The second-order valence-corrected chi connectivity index (χ2v) is 10.4. The van der Waals surface area contributed by atoms with E-state index < -0.39 is 10.0 Å². The molecule has 1 atom stereocenters. The zero-order chi connectivity index (χ0) is 21.7. The Morgan fingerprint density at radius 3 is 2.68 bits per heavy atom. The average molecular weight is 463 g/mol. The van der Waals surface area contributed by atoms with Gasteiger partial charge in [0.15, 0.2) is 0 Å². The van der Waals surface area contributed by atoms with E-state index in [2.05, 4.69) is 5.32 Å². The second-order valence-electron chi connectivity index (χ2n) is 7.44. The fraction of sp³-hybridized carbons (Fsp3) is 0.409. The number of amides is 1. The first-order valence-electron chi connectivity index (χ1n) is 10.4. The van der Waals surface area contributed by atoms with Gasteiger partial charge in [-0.15, -0.1) is 11.8 Å². The van der Waals surface area contributed by atoms with Crippen LogP contribution >= 0.6 is 11.8 Å². The third kappa shape index (κ3) is 5.48. The number of sulfonamides is 1. The number of anilines is 1. The minimum atomic E-state index is -3.63. The molecule has 2 heterocycles. The predicted molar refractivity (Wildman–Crippen MR) is 120 cm³/mol. The number of nitrogens with zero attached hydrogens (tertiary/aromatic N) is 1. The van der Waals surface area contributed by atoms with Gasteiger partial charge in [-0.05, 0) is 43.2 Å². The Hall–Kier alpha value is -1.91. The third-order valence-corrected chi connectivity index (χ3v) is 8.38. The highest BCUT2D eigenvalue weighted by Crippen LogP contribution is 2.28. The van der Waals surface area contributed by atoms with Crippen molar-refractivity contribution in [2.45, 2.75) is 28.7 Å². The highest BCUT2D eigenvalue weighted by molar-refractivity contribution is 7.99. The number of rotatable bonds is 7. The highest BCUT2D eigenvalue weighted by Gasteiger charge is 2.26.